The van der Waals surface area contributed by atoms with Crippen LogP contribution in [0.5, 0.6) is 5.75 Å². The minimum absolute atomic E-state index is 0. The maximum atomic E-state index is 12.9. The Bertz CT molecular complexity index is 1250. The van der Waals surface area contributed by atoms with Gasteiger partial charge in [0.15, 0.2) is 11.4 Å². The third-order valence-corrected chi connectivity index (χ3v) is 6.32. The fourth-order valence-corrected chi connectivity index (χ4v) is 4.09. The average molecular weight is 509 g/mol. The van der Waals surface area contributed by atoms with E-state index in [0.29, 0.717) is 22.1 Å². The zero-order valence-electron chi connectivity index (χ0n) is 20.3. The third-order valence-electron chi connectivity index (χ3n) is 5.08. The second-order valence-corrected chi connectivity index (χ2v) is 9.36. The van der Waals surface area contributed by atoms with Gasteiger partial charge >= 0.3 is 51.8 Å². The number of carbonyl (C=O) groups is 2. The third kappa shape index (κ3) is 7.60. The molecule has 11 heteroatoms. The Morgan fingerprint density at radius 1 is 0.914 bits per heavy atom. The van der Waals surface area contributed by atoms with Crippen LogP contribution in [-0.2, 0) is 32.9 Å². The molecule has 0 bridgehead atoms. The SMILES string of the molecule is O=C(NS(=O)(=O)n1ccc(OCC2CC2)c1C(=O)OCc1ccccc1)OCc1ccccc1.[H-].[Na+]. The number of nitrogens with zero attached hydrogens (tertiary/aromatic N) is 1. The number of carbonyl (C=O) groups excluding carboxylic acids is 2. The van der Waals surface area contributed by atoms with Gasteiger partial charge in [-0.15, -0.1) is 0 Å². The molecule has 1 fully saturated rings. The van der Waals surface area contributed by atoms with Gasteiger partial charge in [-0.3, -0.25) is 0 Å². The first-order valence-electron chi connectivity index (χ1n) is 10.7. The van der Waals surface area contributed by atoms with E-state index in [4.69, 9.17) is 14.2 Å². The summed E-state index contributed by atoms with van der Waals surface area (Å²) in [5.74, 6) is -0.463. The molecule has 2 aromatic carbocycles. The van der Waals surface area contributed by atoms with E-state index in [1.165, 1.54) is 6.07 Å². The largest absolute Gasteiger partial charge is 1.00 e. The molecular formula is C24H25N2NaO7S. The van der Waals surface area contributed by atoms with Gasteiger partial charge in [-0.1, -0.05) is 60.7 Å². The van der Waals surface area contributed by atoms with Gasteiger partial charge in [-0.25, -0.2) is 18.3 Å². The van der Waals surface area contributed by atoms with Crippen molar-refractivity contribution in [3.8, 4) is 5.75 Å². The van der Waals surface area contributed by atoms with Gasteiger partial charge in [0.2, 0.25) is 0 Å². The minimum Gasteiger partial charge on any atom is -1.00 e. The molecule has 1 heterocycles. The predicted octanol–water partition coefficient (Wildman–Crippen LogP) is 0.770. The van der Waals surface area contributed by atoms with Crippen molar-refractivity contribution in [2.75, 3.05) is 6.61 Å². The number of ether oxygens (including phenoxy) is 3. The van der Waals surface area contributed by atoms with E-state index in [1.54, 1.807) is 54.6 Å². The molecule has 1 aliphatic rings. The number of esters is 1. The summed E-state index contributed by atoms with van der Waals surface area (Å²) in [4.78, 5) is 25.0. The molecule has 4 rings (SSSR count). The van der Waals surface area contributed by atoms with Crippen LogP contribution < -0.4 is 39.0 Å². The summed E-state index contributed by atoms with van der Waals surface area (Å²) in [6.45, 7) is 0.185. The summed E-state index contributed by atoms with van der Waals surface area (Å²) >= 11 is 0. The van der Waals surface area contributed by atoms with Crippen LogP contribution in [0.1, 0.15) is 35.9 Å². The number of hydrogen-bond acceptors (Lipinski definition) is 7. The van der Waals surface area contributed by atoms with E-state index in [9.17, 15) is 18.0 Å². The molecule has 1 saturated carbocycles. The van der Waals surface area contributed by atoms with E-state index < -0.39 is 22.3 Å². The van der Waals surface area contributed by atoms with Crippen LogP contribution in [0.25, 0.3) is 0 Å². The molecule has 1 amide bonds. The fraction of sp³-hybridized carbons (Fsp3) is 0.250. The summed E-state index contributed by atoms with van der Waals surface area (Å²) < 4.78 is 44.3. The second kappa shape index (κ2) is 12.3. The first-order chi connectivity index (χ1) is 16.4. The van der Waals surface area contributed by atoms with Gasteiger partial charge in [-0.05, 0) is 29.9 Å². The maximum Gasteiger partial charge on any atom is 1.00 e. The van der Waals surface area contributed by atoms with Crippen LogP contribution in [0.2, 0.25) is 0 Å². The van der Waals surface area contributed by atoms with Gasteiger partial charge in [0, 0.05) is 12.3 Å². The predicted molar refractivity (Wildman–Crippen MR) is 123 cm³/mol. The Morgan fingerprint density at radius 3 is 2.06 bits per heavy atom. The molecule has 0 spiro atoms. The summed E-state index contributed by atoms with van der Waals surface area (Å²) in [6, 6.07) is 19.1. The summed E-state index contributed by atoms with van der Waals surface area (Å²) in [5, 5.41) is 0. The summed E-state index contributed by atoms with van der Waals surface area (Å²) in [6.07, 6.45) is 1.98. The number of rotatable bonds is 10. The molecule has 0 saturated heterocycles. The van der Waals surface area contributed by atoms with Crippen molar-refractivity contribution >= 4 is 22.3 Å². The van der Waals surface area contributed by atoms with Gasteiger partial charge in [0.25, 0.3) is 0 Å². The molecule has 180 valence electrons. The number of hydrogen-bond donors (Lipinski definition) is 1. The Morgan fingerprint density at radius 2 is 1.49 bits per heavy atom. The Balaban J connectivity index is 0.00000228. The normalized spacial score (nSPS) is 12.8. The number of nitrogens with one attached hydrogen (secondary N) is 1. The van der Waals surface area contributed by atoms with E-state index in [2.05, 4.69) is 0 Å². The van der Waals surface area contributed by atoms with E-state index in [1.807, 2.05) is 10.8 Å². The van der Waals surface area contributed by atoms with Crippen molar-refractivity contribution in [2.45, 2.75) is 26.1 Å². The zero-order chi connectivity index (χ0) is 24.0. The molecular weight excluding hydrogens is 483 g/mol. The minimum atomic E-state index is -4.51. The molecule has 0 aliphatic heterocycles. The van der Waals surface area contributed by atoms with Crippen molar-refractivity contribution < 1.29 is 63.2 Å². The van der Waals surface area contributed by atoms with E-state index in [-0.39, 0.29) is 55.6 Å². The van der Waals surface area contributed by atoms with Crippen molar-refractivity contribution in [3.05, 3.63) is 89.7 Å². The Labute approximate surface area is 227 Å². The first kappa shape index (κ1) is 26.8. The summed E-state index contributed by atoms with van der Waals surface area (Å²) in [5.41, 5.74) is 1.09. The Kier molecular flexibility index (Phi) is 9.39. The molecule has 9 nitrogen and oxygen atoms in total. The van der Waals surface area contributed by atoms with Crippen molar-refractivity contribution in [1.82, 2.24) is 8.69 Å². The smallest absolute Gasteiger partial charge is 1.00 e. The van der Waals surface area contributed by atoms with E-state index in [0.717, 1.165) is 24.6 Å². The standard InChI is InChI=1S/C24H24N2O7S.Na.H/c27-23(32-16-18-7-3-1-4-8-18)22-21(31-15-20-11-12-20)13-14-26(22)34(29,30)25-24(28)33-17-19-9-5-2-6-10-19;;/h1-10,13-14,20H,11-12,15-17H2,(H,25,28);;/q;+1;-1. The molecule has 1 aromatic heterocycles. The average Bonchev–Trinajstić information content (AvgIpc) is 3.57. The van der Waals surface area contributed by atoms with Crippen molar-refractivity contribution in [2.24, 2.45) is 5.92 Å². The van der Waals surface area contributed by atoms with Crippen LogP contribution in [0.15, 0.2) is 72.9 Å². The first-order valence-corrected chi connectivity index (χ1v) is 12.2. The molecule has 0 atom stereocenters. The van der Waals surface area contributed by atoms with Crippen LogP contribution >= 0.6 is 0 Å². The molecule has 1 N–H and O–H groups in total. The van der Waals surface area contributed by atoms with Gasteiger partial charge in [0.1, 0.15) is 13.2 Å². The molecule has 3 aromatic rings. The number of aromatic nitrogens is 1. The molecule has 1 aliphatic carbocycles. The van der Waals surface area contributed by atoms with Gasteiger partial charge in [-0.2, -0.15) is 8.42 Å². The van der Waals surface area contributed by atoms with Crippen LogP contribution in [0.4, 0.5) is 4.79 Å². The second-order valence-electron chi connectivity index (χ2n) is 7.81. The van der Waals surface area contributed by atoms with Crippen molar-refractivity contribution in [3.63, 3.8) is 0 Å². The van der Waals surface area contributed by atoms with Crippen LogP contribution in [0.3, 0.4) is 0 Å². The van der Waals surface area contributed by atoms with Gasteiger partial charge in [0.05, 0.1) is 6.61 Å². The van der Waals surface area contributed by atoms with Crippen molar-refractivity contribution in [1.29, 1.82) is 0 Å². The maximum absolute atomic E-state index is 12.9. The quantitative estimate of drug-likeness (QED) is 0.318. The Hall–Kier alpha value is -2.79. The van der Waals surface area contributed by atoms with Gasteiger partial charge < -0.3 is 15.6 Å². The molecule has 0 unspecified atom stereocenters. The fourth-order valence-electron chi connectivity index (χ4n) is 3.10. The zero-order valence-corrected chi connectivity index (χ0v) is 22.1. The molecule has 35 heavy (non-hydrogen) atoms. The van der Waals surface area contributed by atoms with E-state index >= 15 is 0 Å². The molecule has 0 radical (unpaired) electrons. The number of benzene rings is 2. The topological polar surface area (TPSA) is 113 Å². The number of amides is 1. The van der Waals surface area contributed by atoms with Crippen LogP contribution in [0, 0.1) is 5.92 Å². The summed E-state index contributed by atoms with van der Waals surface area (Å²) in [7, 11) is -4.51. The van der Waals surface area contributed by atoms with Crippen LogP contribution in [-0.4, -0.2) is 31.1 Å². The monoisotopic (exact) mass is 508 g/mol.